The number of carbonyl (C=O) groups excluding carboxylic acids is 8. The maximum Gasteiger partial charge on any atom is 0.408 e. The average Bonchev–Trinajstić information content (AvgIpc) is 0.749. The standard InChI is InChI=1S/C72H82N8O9/c1-40(2)71(14,79-65(87)72(15,41(3)4)80-66(88)89-39-43-21-17-16-18-22-43)64(86)78-70(12,13)63(85)77-69(10,11)62(84)76-68(8,9)61(83)75-67(6,7)60(82)74-59(53-38-34-49-30-28-45-24-20-26-47-32-36-51(53)57(49)55(45)47)58(73-42(5)81)52-37-33-48-29-27-44-23-19-25-46-31-35-50(52)56(48)54(44)46/h16-38,40-41,58-59H,39H2,1-15H3,(H,73,81)(H,74,82)(H,75,83)(H,76,84)(H,77,85)(H,78,86)(H,79,87)(H,80,88)/t58-,59-,71+,72+/m0/s1. The molecule has 0 heterocycles. The fourth-order valence-corrected chi connectivity index (χ4v) is 11.5. The van der Waals surface area contributed by atoms with E-state index < -0.39 is 98.7 Å². The number of alkyl carbamates (subject to hydrolysis) is 1. The van der Waals surface area contributed by atoms with Crippen LogP contribution in [-0.4, -0.2) is 80.7 Å². The molecule has 17 nitrogen and oxygen atoms in total. The van der Waals surface area contributed by atoms with Crippen LogP contribution in [0.3, 0.4) is 0 Å². The van der Waals surface area contributed by atoms with Crippen molar-refractivity contribution in [1.82, 2.24) is 42.5 Å². The van der Waals surface area contributed by atoms with Gasteiger partial charge in [0, 0.05) is 6.92 Å². The first-order chi connectivity index (χ1) is 41.7. The van der Waals surface area contributed by atoms with Gasteiger partial charge in [0.15, 0.2) is 0 Å². The number of nitrogens with one attached hydrogen (secondary N) is 8. The van der Waals surface area contributed by atoms with Crippen LogP contribution < -0.4 is 42.5 Å². The zero-order valence-electron chi connectivity index (χ0n) is 53.5. The molecule has 0 aromatic heterocycles. The van der Waals surface area contributed by atoms with Crippen molar-refractivity contribution in [1.29, 1.82) is 0 Å². The van der Waals surface area contributed by atoms with Gasteiger partial charge in [-0.05, 0) is 162 Å². The van der Waals surface area contributed by atoms with Gasteiger partial charge in [0.2, 0.25) is 41.4 Å². The molecule has 8 N–H and O–H groups in total. The second-order valence-electron chi connectivity index (χ2n) is 26.8. The van der Waals surface area contributed by atoms with Crippen molar-refractivity contribution >= 4 is 112 Å². The average molecular weight is 1200 g/mol. The Labute approximate surface area is 519 Å². The van der Waals surface area contributed by atoms with Crippen LogP contribution in [0.1, 0.15) is 133 Å². The lowest BCUT2D eigenvalue weighted by Gasteiger charge is -2.41. The topological polar surface area (TPSA) is 242 Å². The molecule has 0 aliphatic rings. The second-order valence-corrected chi connectivity index (χ2v) is 26.8. The predicted octanol–water partition coefficient (Wildman–Crippen LogP) is 11.0. The molecule has 9 aromatic rings. The van der Waals surface area contributed by atoms with Gasteiger partial charge >= 0.3 is 6.09 Å². The zero-order valence-corrected chi connectivity index (χ0v) is 53.5. The molecule has 8 amide bonds. The molecule has 0 fully saturated rings. The van der Waals surface area contributed by atoms with Gasteiger partial charge in [0.05, 0.1) is 12.1 Å². The van der Waals surface area contributed by atoms with Crippen LogP contribution in [0, 0.1) is 11.8 Å². The molecule has 9 rings (SSSR count). The van der Waals surface area contributed by atoms with Crippen molar-refractivity contribution in [3.8, 4) is 0 Å². The molecule has 0 radical (unpaired) electrons. The van der Waals surface area contributed by atoms with E-state index in [0.29, 0.717) is 0 Å². The number of hydrogen-bond acceptors (Lipinski definition) is 9. The first-order valence-corrected chi connectivity index (χ1v) is 30.2. The smallest absolute Gasteiger partial charge is 0.408 e. The van der Waals surface area contributed by atoms with Crippen molar-refractivity contribution in [2.75, 3.05) is 0 Å². The minimum absolute atomic E-state index is 0.0284. The van der Waals surface area contributed by atoms with Crippen molar-refractivity contribution in [2.24, 2.45) is 11.8 Å². The Balaban J connectivity index is 0.926. The van der Waals surface area contributed by atoms with Gasteiger partial charge in [-0.2, -0.15) is 0 Å². The highest BCUT2D eigenvalue weighted by Crippen LogP contribution is 2.44. The molecular weight excluding hydrogens is 1120 g/mol. The van der Waals surface area contributed by atoms with Crippen molar-refractivity contribution in [3.05, 3.63) is 156 Å². The summed E-state index contributed by atoms with van der Waals surface area (Å²) in [6, 6.07) is 44.3. The molecule has 4 atom stereocenters. The number of ether oxygens (including phenoxy) is 1. The highest BCUT2D eigenvalue weighted by atomic mass is 16.5. The summed E-state index contributed by atoms with van der Waals surface area (Å²) in [7, 11) is 0. The van der Waals surface area contributed by atoms with Gasteiger partial charge in [-0.3, -0.25) is 33.6 Å². The molecule has 0 saturated carbocycles. The predicted molar refractivity (Wildman–Crippen MR) is 351 cm³/mol. The SMILES string of the molecule is CC(=O)N[C@@H](c1ccc2ccc3cccc4ccc1c2c34)[C@@H](NC(=O)C(C)(C)NC(=O)C(C)(C)NC(=O)C(C)(C)NC(=O)C(C)(C)NC(=O)[C@](C)(NC(=O)[C@](C)(NC(=O)OCc1ccccc1)C(C)C)C(C)C)c1ccc2ccc3cccc4ccc1c2c34. The Bertz CT molecular complexity index is 4220. The van der Waals surface area contributed by atoms with Gasteiger partial charge in [-0.25, -0.2) is 4.79 Å². The molecule has 0 spiro atoms. The lowest BCUT2D eigenvalue weighted by atomic mass is 9.82. The van der Waals surface area contributed by atoms with Gasteiger partial charge in [0.1, 0.15) is 39.8 Å². The van der Waals surface area contributed by atoms with Crippen LogP contribution in [0.25, 0.3) is 64.6 Å². The van der Waals surface area contributed by atoms with E-state index in [0.717, 1.165) is 81.3 Å². The second kappa shape index (κ2) is 24.0. The third-order valence-electron chi connectivity index (χ3n) is 17.9. The largest absolute Gasteiger partial charge is 0.445 e. The number of benzene rings is 9. The summed E-state index contributed by atoms with van der Waals surface area (Å²) in [5, 5.41) is 35.5. The normalized spacial score (nSPS) is 14.5. The summed E-state index contributed by atoms with van der Waals surface area (Å²) in [6.45, 7) is 23.3. The molecule has 0 saturated heterocycles. The summed E-state index contributed by atoms with van der Waals surface area (Å²) >= 11 is 0. The van der Waals surface area contributed by atoms with Crippen LogP contribution >= 0.6 is 0 Å². The van der Waals surface area contributed by atoms with Crippen molar-refractivity contribution in [3.63, 3.8) is 0 Å². The minimum Gasteiger partial charge on any atom is -0.445 e. The maximum atomic E-state index is 15.3. The Morgan fingerprint density at radius 3 is 1.10 bits per heavy atom. The third kappa shape index (κ3) is 12.6. The van der Waals surface area contributed by atoms with Crippen LogP contribution in [0.5, 0.6) is 0 Å². The molecule has 17 heteroatoms. The number of carbonyl (C=O) groups is 8. The van der Waals surface area contributed by atoms with Crippen molar-refractivity contribution in [2.45, 2.75) is 156 Å². The molecule has 464 valence electrons. The summed E-state index contributed by atoms with van der Waals surface area (Å²) in [4.78, 5) is 114. The maximum absolute atomic E-state index is 15.3. The van der Waals surface area contributed by atoms with Gasteiger partial charge < -0.3 is 47.3 Å². The lowest BCUT2D eigenvalue weighted by molar-refractivity contribution is -0.143. The number of hydrogen-bond donors (Lipinski definition) is 8. The van der Waals surface area contributed by atoms with E-state index in [4.69, 9.17) is 4.74 Å². The van der Waals surface area contributed by atoms with E-state index in [2.05, 4.69) is 115 Å². The zero-order chi connectivity index (χ0) is 64.9. The fourth-order valence-electron chi connectivity index (χ4n) is 11.5. The first kappa shape index (κ1) is 64.1. The van der Waals surface area contributed by atoms with E-state index >= 15 is 4.79 Å². The van der Waals surface area contributed by atoms with E-state index in [1.54, 1.807) is 53.7 Å². The molecular formula is C72H82N8O9. The van der Waals surface area contributed by atoms with Crippen LogP contribution in [0.4, 0.5) is 4.79 Å². The Morgan fingerprint density at radius 1 is 0.360 bits per heavy atom. The highest BCUT2D eigenvalue weighted by molar-refractivity contribution is 6.25. The summed E-state index contributed by atoms with van der Waals surface area (Å²) < 4.78 is 5.43. The van der Waals surface area contributed by atoms with Crippen molar-refractivity contribution < 1.29 is 43.1 Å². The van der Waals surface area contributed by atoms with E-state index in [1.807, 2.05) is 54.6 Å². The quantitative estimate of drug-likeness (QED) is 0.0319. The summed E-state index contributed by atoms with van der Waals surface area (Å²) in [5.74, 6) is -5.56. The summed E-state index contributed by atoms with van der Waals surface area (Å²) in [5.41, 5.74) is -7.64. The van der Waals surface area contributed by atoms with E-state index in [9.17, 15) is 33.6 Å². The van der Waals surface area contributed by atoms with E-state index in [1.165, 1.54) is 62.3 Å². The molecule has 0 bridgehead atoms. The molecule has 0 aliphatic heterocycles. The minimum atomic E-state index is -1.70. The number of rotatable bonds is 21. The van der Waals surface area contributed by atoms with Gasteiger partial charge in [-0.15, -0.1) is 0 Å². The van der Waals surface area contributed by atoms with E-state index in [-0.39, 0.29) is 12.5 Å². The molecule has 9 aromatic carbocycles. The monoisotopic (exact) mass is 1200 g/mol. The first-order valence-electron chi connectivity index (χ1n) is 30.2. The van der Waals surface area contributed by atoms with Gasteiger partial charge in [0.25, 0.3) is 0 Å². The Hall–Kier alpha value is -9.38. The Morgan fingerprint density at radius 2 is 0.697 bits per heavy atom. The fraction of sp³-hybridized carbons (Fsp3) is 0.361. The summed E-state index contributed by atoms with van der Waals surface area (Å²) in [6.07, 6.45) is -0.830. The lowest BCUT2D eigenvalue weighted by Crippen LogP contribution is -2.71. The van der Waals surface area contributed by atoms with Crippen LogP contribution in [0.2, 0.25) is 0 Å². The van der Waals surface area contributed by atoms with Crippen LogP contribution in [0.15, 0.2) is 140 Å². The van der Waals surface area contributed by atoms with Gasteiger partial charge in [-0.1, -0.05) is 167 Å². The molecule has 0 aliphatic carbocycles. The molecule has 89 heavy (non-hydrogen) atoms. The third-order valence-corrected chi connectivity index (χ3v) is 17.9. The number of amides is 8. The van der Waals surface area contributed by atoms with Crippen LogP contribution in [-0.2, 0) is 44.9 Å². The molecule has 0 unspecified atom stereocenters. The Kier molecular flexibility index (Phi) is 17.3. The highest BCUT2D eigenvalue weighted by Gasteiger charge is 2.49.